The zero-order chi connectivity index (χ0) is 20.9. The van der Waals surface area contributed by atoms with Crippen molar-refractivity contribution in [2.24, 2.45) is 0 Å². The summed E-state index contributed by atoms with van der Waals surface area (Å²) in [5.74, 6) is 0.387. The van der Waals surface area contributed by atoms with Crippen LogP contribution in [0, 0.1) is 0 Å². The average molecular weight is 405 g/mol. The van der Waals surface area contributed by atoms with Crippen LogP contribution in [0.4, 0.5) is 0 Å². The molecule has 0 aliphatic heterocycles. The lowest BCUT2D eigenvalue weighted by Gasteiger charge is -2.19. The van der Waals surface area contributed by atoms with E-state index in [1.165, 1.54) is 31.8 Å². The quantitative estimate of drug-likeness (QED) is 0.720. The summed E-state index contributed by atoms with van der Waals surface area (Å²) in [6.07, 6.45) is 0. The average Bonchev–Trinajstić information content (AvgIpc) is 2.64. The van der Waals surface area contributed by atoms with Gasteiger partial charge in [0.05, 0.1) is 11.4 Å². The van der Waals surface area contributed by atoms with Crippen molar-refractivity contribution in [1.29, 1.82) is 0 Å². The van der Waals surface area contributed by atoms with Gasteiger partial charge in [0.2, 0.25) is 10.0 Å². The van der Waals surface area contributed by atoms with Gasteiger partial charge in [0.15, 0.2) is 0 Å². The third kappa shape index (κ3) is 5.56. The number of hydrogen-bond acceptors (Lipinski definition) is 4. The van der Waals surface area contributed by atoms with E-state index in [1.54, 1.807) is 12.1 Å². The van der Waals surface area contributed by atoms with E-state index in [9.17, 15) is 13.2 Å². The fourth-order valence-corrected chi connectivity index (χ4v) is 3.38. The van der Waals surface area contributed by atoms with Crippen molar-refractivity contribution in [2.45, 2.75) is 31.1 Å². The molecule has 0 fully saturated rings. The van der Waals surface area contributed by atoms with E-state index in [-0.39, 0.29) is 22.8 Å². The molecule has 1 amide bonds. The minimum absolute atomic E-state index is 0.0459. The highest BCUT2D eigenvalue weighted by Gasteiger charge is 2.17. The van der Waals surface area contributed by atoms with Crippen molar-refractivity contribution >= 4 is 15.9 Å². The Kier molecular flexibility index (Phi) is 6.85. The molecule has 0 bridgehead atoms. The highest BCUT2D eigenvalue weighted by Crippen LogP contribution is 2.22. The number of carbonyl (C=O) groups is 1. The van der Waals surface area contributed by atoms with E-state index in [4.69, 9.17) is 4.74 Å². The maximum absolute atomic E-state index is 12.2. The number of rotatable bonds is 7. The van der Waals surface area contributed by atoms with Gasteiger partial charge in [-0.2, -0.15) is 0 Å². The Labute approximate surface area is 167 Å². The van der Waals surface area contributed by atoms with Crippen LogP contribution < -0.4 is 10.1 Å². The summed E-state index contributed by atoms with van der Waals surface area (Å²) < 4.78 is 30.8. The van der Waals surface area contributed by atoms with Gasteiger partial charge < -0.3 is 10.1 Å². The third-order valence-corrected chi connectivity index (χ3v) is 6.10. The summed E-state index contributed by atoms with van der Waals surface area (Å²) in [7, 11) is -0.482. The second-order valence-corrected chi connectivity index (χ2v) is 9.84. The molecule has 152 valence electrons. The molecule has 0 saturated carbocycles. The molecule has 0 aromatic heterocycles. The van der Waals surface area contributed by atoms with Gasteiger partial charge in [-0.05, 0) is 47.4 Å². The zero-order valence-corrected chi connectivity index (χ0v) is 17.8. The summed E-state index contributed by atoms with van der Waals surface area (Å²) >= 11 is 0. The lowest BCUT2D eigenvalue weighted by atomic mass is 9.87. The molecule has 1 N–H and O–H groups in total. The standard InChI is InChI=1S/C21H28N2O4S/c1-21(2,3)17-8-6-16(7-9-17)20(24)22-14-15-27-18-10-12-19(13-11-18)28(25,26)23(4)5/h6-13H,14-15H2,1-5H3,(H,22,24). The van der Waals surface area contributed by atoms with E-state index in [0.29, 0.717) is 17.9 Å². The van der Waals surface area contributed by atoms with Gasteiger partial charge in [0, 0.05) is 19.7 Å². The number of nitrogens with one attached hydrogen (secondary N) is 1. The fourth-order valence-electron chi connectivity index (χ4n) is 2.48. The van der Waals surface area contributed by atoms with E-state index >= 15 is 0 Å². The molecule has 28 heavy (non-hydrogen) atoms. The normalized spacial score (nSPS) is 12.1. The number of sulfonamides is 1. The summed E-state index contributed by atoms with van der Waals surface area (Å²) in [6, 6.07) is 13.8. The smallest absolute Gasteiger partial charge is 0.251 e. The van der Waals surface area contributed by atoms with E-state index in [1.807, 2.05) is 24.3 Å². The SMILES string of the molecule is CN(C)S(=O)(=O)c1ccc(OCCNC(=O)c2ccc(C(C)(C)C)cc2)cc1. The zero-order valence-electron chi connectivity index (χ0n) is 17.0. The Morgan fingerprint density at radius 2 is 1.57 bits per heavy atom. The molecular weight excluding hydrogens is 376 g/mol. The van der Waals surface area contributed by atoms with E-state index < -0.39 is 10.0 Å². The summed E-state index contributed by atoms with van der Waals surface area (Å²) in [5.41, 5.74) is 1.82. The Bertz CT molecular complexity index is 897. The molecule has 0 saturated heterocycles. The lowest BCUT2D eigenvalue weighted by Crippen LogP contribution is -2.28. The number of hydrogen-bond donors (Lipinski definition) is 1. The Hall–Kier alpha value is -2.38. The topological polar surface area (TPSA) is 75.7 Å². The molecule has 0 atom stereocenters. The molecule has 2 aromatic carbocycles. The van der Waals surface area contributed by atoms with Crippen LogP contribution in [0.1, 0.15) is 36.7 Å². The van der Waals surface area contributed by atoms with Crippen molar-refractivity contribution in [1.82, 2.24) is 9.62 Å². The second-order valence-electron chi connectivity index (χ2n) is 7.69. The summed E-state index contributed by atoms with van der Waals surface area (Å²) in [5, 5.41) is 2.81. The molecular formula is C21H28N2O4S. The van der Waals surface area contributed by atoms with Crippen molar-refractivity contribution in [2.75, 3.05) is 27.2 Å². The number of carbonyl (C=O) groups excluding carboxylic acids is 1. The van der Waals surface area contributed by atoms with Gasteiger partial charge in [0.1, 0.15) is 12.4 Å². The van der Waals surface area contributed by atoms with Crippen LogP contribution in [-0.2, 0) is 15.4 Å². The number of benzene rings is 2. The Balaban J connectivity index is 1.83. The molecule has 0 heterocycles. The summed E-state index contributed by atoms with van der Waals surface area (Å²) in [4.78, 5) is 12.4. The number of ether oxygens (including phenoxy) is 1. The molecule has 6 nitrogen and oxygen atoms in total. The molecule has 0 aliphatic carbocycles. The van der Waals surface area contributed by atoms with Gasteiger partial charge in [-0.1, -0.05) is 32.9 Å². The van der Waals surface area contributed by atoms with E-state index in [2.05, 4.69) is 26.1 Å². The minimum atomic E-state index is -3.45. The largest absolute Gasteiger partial charge is 0.492 e. The van der Waals surface area contributed by atoms with Gasteiger partial charge >= 0.3 is 0 Å². The van der Waals surface area contributed by atoms with Crippen LogP contribution in [0.3, 0.4) is 0 Å². The Morgan fingerprint density at radius 3 is 2.07 bits per heavy atom. The van der Waals surface area contributed by atoms with Crippen LogP contribution >= 0.6 is 0 Å². The first kappa shape index (κ1) is 21.9. The first-order chi connectivity index (χ1) is 13.0. The molecule has 0 aliphatic rings. The van der Waals surface area contributed by atoms with Crippen LogP contribution in [0.5, 0.6) is 5.75 Å². The molecule has 0 spiro atoms. The number of nitrogens with zero attached hydrogens (tertiary/aromatic N) is 1. The fraction of sp³-hybridized carbons (Fsp3) is 0.381. The highest BCUT2D eigenvalue weighted by atomic mass is 32.2. The molecule has 0 unspecified atom stereocenters. The minimum Gasteiger partial charge on any atom is -0.492 e. The van der Waals surface area contributed by atoms with Crippen LogP contribution in [0.2, 0.25) is 0 Å². The predicted octanol–water partition coefficient (Wildman–Crippen LogP) is 3.04. The van der Waals surface area contributed by atoms with Crippen LogP contribution in [0.15, 0.2) is 53.4 Å². The maximum Gasteiger partial charge on any atom is 0.251 e. The van der Waals surface area contributed by atoms with Crippen molar-refractivity contribution in [3.8, 4) is 5.75 Å². The Morgan fingerprint density at radius 1 is 1.00 bits per heavy atom. The third-order valence-electron chi connectivity index (χ3n) is 4.27. The second kappa shape index (κ2) is 8.75. The molecule has 2 aromatic rings. The first-order valence-corrected chi connectivity index (χ1v) is 10.5. The lowest BCUT2D eigenvalue weighted by molar-refractivity contribution is 0.0947. The van der Waals surface area contributed by atoms with Crippen LogP contribution in [0.25, 0.3) is 0 Å². The first-order valence-electron chi connectivity index (χ1n) is 9.06. The van der Waals surface area contributed by atoms with Gasteiger partial charge in [-0.15, -0.1) is 0 Å². The molecule has 7 heteroatoms. The van der Waals surface area contributed by atoms with Gasteiger partial charge in [0.25, 0.3) is 5.91 Å². The van der Waals surface area contributed by atoms with Crippen molar-refractivity contribution in [3.05, 3.63) is 59.7 Å². The number of amides is 1. The maximum atomic E-state index is 12.2. The molecule has 0 radical (unpaired) electrons. The van der Waals surface area contributed by atoms with E-state index in [0.717, 1.165) is 4.31 Å². The highest BCUT2D eigenvalue weighted by molar-refractivity contribution is 7.89. The van der Waals surface area contributed by atoms with Crippen molar-refractivity contribution < 1.29 is 17.9 Å². The van der Waals surface area contributed by atoms with Gasteiger partial charge in [-0.25, -0.2) is 12.7 Å². The van der Waals surface area contributed by atoms with Gasteiger partial charge in [-0.3, -0.25) is 4.79 Å². The predicted molar refractivity (Wildman–Crippen MR) is 110 cm³/mol. The monoisotopic (exact) mass is 404 g/mol. The van der Waals surface area contributed by atoms with Crippen molar-refractivity contribution in [3.63, 3.8) is 0 Å². The van der Waals surface area contributed by atoms with Crippen LogP contribution in [-0.4, -0.2) is 45.9 Å². The summed E-state index contributed by atoms with van der Waals surface area (Å²) in [6.45, 7) is 7.01. The molecule has 2 rings (SSSR count).